The number of rotatable bonds is 10. The molecule has 152 valence electrons. The maximum Gasteiger partial charge on any atom is 0.329 e. The fraction of sp³-hybridized carbons (Fsp3) is 0.227. The van der Waals surface area contributed by atoms with Crippen LogP contribution in [0.1, 0.15) is 25.3 Å². The molecular formula is C22H25N3O4. The van der Waals surface area contributed by atoms with Gasteiger partial charge in [-0.2, -0.15) is 5.10 Å². The lowest BCUT2D eigenvalue weighted by atomic mass is 10.2. The first-order valence-corrected chi connectivity index (χ1v) is 9.33. The molecule has 0 aliphatic carbocycles. The number of unbranched alkanes of at least 4 members (excludes halogenated alkanes) is 1. The molecule has 0 fully saturated rings. The molecule has 0 atom stereocenters. The van der Waals surface area contributed by atoms with Crippen LogP contribution in [0.5, 0.6) is 11.5 Å². The number of carbonyl (C=O) groups is 2. The minimum absolute atomic E-state index is 0.424. The topological polar surface area (TPSA) is 89.0 Å². The van der Waals surface area contributed by atoms with Crippen LogP contribution >= 0.6 is 0 Å². The second-order valence-electron chi connectivity index (χ2n) is 6.05. The first kappa shape index (κ1) is 21.7. The summed E-state index contributed by atoms with van der Waals surface area (Å²) in [7, 11) is 0. The molecule has 2 aromatic carbocycles. The SMILES string of the molecule is C=CCOc1ccc(/C=N\NC(=O)C(=O)Nc2ccc(OCCCC)cc2)cc1. The maximum absolute atomic E-state index is 11.9. The Morgan fingerprint density at radius 3 is 2.31 bits per heavy atom. The molecular weight excluding hydrogens is 370 g/mol. The van der Waals surface area contributed by atoms with Crippen molar-refractivity contribution >= 4 is 23.7 Å². The molecule has 7 nitrogen and oxygen atoms in total. The first-order chi connectivity index (χ1) is 14.1. The Morgan fingerprint density at radius 1 is 1.00 bits per heavy atom. The average Bonchev–Trinajstić information content (AvgIpc) is 2.74. The van der Waals surface area contributed by atoms with Crippen molar-refractivity contribution in [3.63, 3.8) is 0 Å². The Hall–Kier alpha value is -3.61. The Labute approximate surface area is 170 Å². The van der Waals surface area contributed by atoms with Crippen molar-refractivity contribution in [1.82, 2.24) is 5.43 Å². The molecule has 2 aromatic rings. The number of ether oxygens (including phenoxy) is 2. The van der Waals surface area contributed by atoms with E-state index in [1.807, 2.05) is 0 Å². The van der Waals surface area contributed by atoms with Crippen molar-refractivity contribution < 1.29 is 19.1 Å². The number of carbonyl (C=O) groups excluding carboxylic acids is 2. The number of amides is 2. The van der Waals surface area contributed by atoms with Crippen LogP contribution < -0.4 is 20.2 Å². The fourth-order valence-corrected chi connectivity index (χ4v) is 2.18. The Morgan fingerprint density at radius 2 is 1.66 bits per heavy atom. The van der Waals surface area contributed by atoms with Crippen LogP contribution in [0.25, 0.3) is 0 Å². The molecule has 2 amide bonds. The van der Waals surface area contributed by atoms with Gasteiger partial charge in [0.25, 0.3) is 0 Å². The highest BCUT2D eigenvalue weighted by Crippen LogP contribution is 2.16. The molecule has 0 spiro atoms. The molecule has 0 saturated carbocycles. The molecule has 2 N–H and O–H groups in total. The van der Waals surface area contributed by atoms with Gasteiger partial charge in [0.2, 0.25) is 0 Å². The van der Waals surface area contributed by atoms with E-state index in [9.17, 15) is 9.59 Å². The van der Waals surface area contributed by atoms with Crippen molar-refractivity contribution in [2.24, 2.45) is 5.10 Å². The summed E-state index contributed by atoms with van der Waals surface area (Å²) >= 11 is 0. The Bertz CT molecular complexity index is 830. The number of nitrogens with zero attached hydrogens (tertiary/aromatic N) is 1. The standard InChI is InChI=1S/C22H25N3O4/c1-3-5-15-29-20-12-8-18(9-13-20)24-21(26)22(27)25-23-16-17-6-10-19(11-7-17)28-14-4-2/h4,6-13,16H,2-3,5,14-15H2,1H3,(H,24,26)(H,25,27)/b23-16-. The molecule has 0 aromatic heterocycles. The van der Waals surface area contributed by atoms with Gasteiger partial charge in [0.1, 0.15) is 18.1 Å². The van der Waals surface area contributed by atoms with Crippen LogP contribution in [-0.4, -0.2) is 31.2 Å². The van der Waals surface area contributed by atoms with E-state index in [0.717, 1.165) is 18.4 Å². The molecule has 0 aliphatic rings. The van der Waals surface area contributed by atoms with Gasteiger partial charge in [-0.1, -0.05) is 26.0 Å². The quantitative estimate of drug-likeness (QED) is 0.212. The predicted octanol–water partition coefficient (Wildman–Crippen LogP) is 3.52. The molecule has 7 heteroatoms. The molecule has 0 aliphatic heterocycles. The normalized spacial score (nSPS) is 10.4. The largest absolute Gasteiger partial charge is 0.494 e. The second kappa shape index (κ2) is 12.0. The minimum atomic E-state index is -0.865. The van der Waals surface area contributed by atoms with Gasteiger partial charge in [-0.25, -0.2) is 5.43 Å². The third-order valence-electron chi connectivity index (χ3n) is 3.71. The van der Waals surface area contributed by atoms with E-state index in [4.69, 9.17) is 9.47 Å². The zero-order chi connectivity index (χ0) is 20.9. The van der Waals surface area contributed by atoms with Crippen LogP contribution in [0.2, 0.25) is 0 Å². The van der Waals surface area contributed by atoms with Crippen molar-refractivity contribution in [2.75, 3.05) is 18.5 Å². The number of hydrogen-bond acceptors (Lipinski definition) is 5. The minimum Gasteiger partial charge on any atom is -0.494 e. The van der Waals surface area contributed by atoms with E-state index in [-0.39, 0.29) is 0 Å². The summed E-state index contributed by atoms with van der Waals surface area (Å²) in [5.74, 6) is -0.260. The van der Waals surface area contributed by atoms with Gasteiger partial charge in [0, 0.05) is 5.69 Å². The summed E-state index contributed by atoms with van der Waals surface area (Å²) in [5.41, 5.74) is 3.43. The lowest BCUT2D eigenvalue weighted by molar-refractivity contribution is -0.136. The predicted molar refractivity (Wildman–Crippen MR) is 113 cm³/mol. The van der Waals surface area contributed by atoms with Crippen LogP contribution in [0, 0.1) is 0 Å². The molecule has 0 unspecified atom stereocenters. The molecule has 0 heterocycles. The monoisotopic (exact) mass is 395 g/mol. The van der Waals surface area contributed by atoms with Gasteiger partial charge >= 0.3 is 11.8 Å². The number of anilines is 1. The molecule has 29 heavy (non-hydrogen) atoms. The van der Waals surface area contributed by atoms with E-state index in [1.165, 1.54) is 6.21 Å². The van der Waals surface area contributed by atoms with Gasteiger partial charge in [-0.05, 0) is 60.5 Å². The summed E-state index contributed by atoms with van der Waals surface area (Å²) in [4.78, 5) is 23.8. The van der Waals surface area contributed by atoms with E-state index in [1.54, 1.807) is 54.6 Å². The lowest BCUT2D eigenvalue weighted by Crippen LogP contribution is -2.32. The highest BCUT2D eigenvalue weighted by molar-refractivity contribution is 6.39. The van der Waals surface area contributed by atoms with Crippen LogP contribution in [0.3, 0.4) is 0 Å². The third-order valence-corrected chi connectivity index (χ3v) is 3.71. The molecule has 0 bridgehead atoms. The van der Waals surface area contributed by atoms with E-state index in [0.29, 0.717) is 30.4 Å². The molecule has 2 rings (SSSR count). The van der Waals surface area contributed by atoms with Crippen LogP contribution in [0.4, 0.5) is 5.69 Å². The highest BCUT2D eigenvalue weighted by atomic mass is 16.5. The maximum atomic E-state index is 11.9. The van der Waals surface area contributed by atoms with Gasteiger partial charge in [0.05, 0.1) is 12.8 Å². The van der Waals surface area contributed by atoms with E-state index >= 15 is 0 Å². The van der Waals surface area contributed by atoms with Gasteiger partial charge in [-0.3, -0.25) is 9.59 Å². The Kier molecular flexibility index (Phi) is 8.95. The third kappa shape index (κ3) is 7.88. The zero-order valence-electron chi connectivity index (χ0n) is 16.4. The molecule has 0 radical (unpaired) electrons. The van der Waals surface area contributed by atoms with E-state index < -0.39 is 11.8 Å². The zero-order valence-corrected chi connectivity index (χ0v) is 16.4. The summed E-state index contributed by atoms with van der Waals surface area (Å²) in [6.45, 7) is 6.74. The van der Waals surface area contributed by atoms with E-state index in [2.05, 4.69) is 29.3 Å². The summed E-state index contributed by atoms with van der Waals surface area (Å²) in [6, 6.07) is 13.9. The average molecular weight is 395 g/mol. The van der Waals surface area contributed by atoms with Crippen molar-refractivity contribution in [2.45, 2.75) is 19.8 Å². The summed E-state index contributed by atoms with van der Waals surface area (Å²) < 4.78 is 10.9. The van der Waals surface area contributed by atoms with Gasteiger partial charge < -0.3 is 14.8 Å². The second-order valence-corrected chi connectivity index (χ2v) is 6.05. The van der Waals surface area contributed by atoms with Crippen LogP contribution in [-0.2, 0) is 9.59 Å². The fourth-order valence-electron chi connectivity index (χ4n) is 2.18. The van der Waals surface area contributed by atoms with Gasteiger partial charge in [0.15, 0.2) is 0 Å². The lowest BCUT2D eigenvalue weighted by Gasteiger charge is -2.07. The van der Waals surface area contributed by atoms with Gasteiger partial charge in [-0.15, -0.1) is 0 Å². The highest BCUT2D eigenvalue weighted by Gasteiger charge is 2.12. The smallest absolute Gasteiger partial charge is 0.329 e. The van der Waals surface area contributed by atoms with Crippen molar-refractivity contribution in [3.8, 4) is 11.5 Å². The molecule has 0 saturated heterocycles. The Balaban J connectivity index is 1.79. The number of nitrogens with one attached hydrogen (secondary N) is 2. The summed E-state index contributed by atoms with van der Waals surface area (Å²) in [5, 5.41) is 6.30. The number of hydrogen-bond donors (Lipinski definition) is 2. The summed E-state index contributed by atoms with van der Waals surface area (Å²) in [6.07, 6.45) is 5.13. The first-order valence-electron chi connectivity index (χ1n) is 9.33. The number of benzene rings is 2. The number of hydrazone groups is 1. The van der Waals surface area contributed by atoms with Crippen molar-refractivity contribution in [1.29, 1.82) is 0 Å². The van der Waals surface area contributed by atoms with Crippen LogP contribution in [0.15, 0.2) is 66.3 Å². The van der Waals surface area contributed by atoms with Crippen molar-refractivity contribution in [3.05, 3.63) is 66.7 Å².